The van der Waals surface area contributed by atoms with Gasteiger partial charge in [0, 0.05) is 42.8 Å². The molecule has 0 aromatic heterocycles. The lowest BCUT2D eigenvalue weighted by molar-refractivity contribution is -0.127. The molecule has 0 atom stereocenters. The number of carbonyl (C=O) groups is 2. The van der Waals surface area contributed by atoms with Crippen molar-refractivity contribution in [1.82, 2.24) is 9.80 Å². The van der Waals surface area contributed by atoms with Crippen LogP contribution in [-0.2, 0) is 17.9 Å². The topological polar surface area (TPSA) is 40.6 Å². The molecule has 3 aromatic rings. The molecule has 3 aromatic carbocycles. The van der Waals surface area contributed by atoms with Crippen molar-refractivity contribution in [1.29, 1.82) is 0 Å². The number of nitrogens with zero attached hydrogens (tertiary/aromatic N) is 2. The highest BCUT2D eigenvalue weighted by Gasteiger charge is 2.18. The van der Waals surface area contributed by atoms with Crippen LogP contribution in [0.1, 0.15) is 46.3 Å². The molecule has 1 aliphatic heterocycles. The predicted octanol–water partition coefficient (Wildman–Crippen LogP) is 6.21. The van der Waals surface area contributed by atoms with E-state index in [1.54, 1.807) is 17.1 Å². The van der Waals surface area contributed by atoms with Crippen molar-refractivity contribution in [3.63, 3.8) is 0 Å². The number of piperidine rings is 1. The summed E-state index contributed by atoms with van der Waals surface area (Å²) < 4.78 is 0. The molecule has 0 radical (unpaired) electrons. The van der Waals surface area contributed by atoms with E-state index in [9.17, 15) is 9.59 Å². The zero-order valence-electron chi connectivity index (χ0n) is 19.2. The van der Waals surface area contributed by atoms with Gasteiger partial charge in [0.15, 0.2) is 0 Å². The summed E-state index contributed by atoms with van der Waals surface area (Å²) in [5, 5.41) is 0.652. The van der Waals surface area contributed by atoms with E-state index in [1.165, 1.54) is 6.42 Å². The highest BCUT2D eigenvalue weighted by molar-refractivity contribution is 6.30. The van der Waals surface area contributed by atoms with Crippen LogP contribution in [0.5, 0.6) is 0 Å². The quantitative estimate of drug-likeness (QED) is 0.383. The van der Waals surface area contributed by atoms with E-state index in [0.717, 1.165) is 42.6 Å². The van der Waals surface area contributed by atoms with Crippen LogP contribution >= 0.6 is 11.6 Å². The van der Waals surface area contributed by atoms with Gasteiger partial charge in [0.05, 0.1) is 0 Å². The lowest BCUT2D eigenvalue weighted by Gasteiger charge is -2.26. The van der Waals surface area contributed by atoms with Crippen molar-refractivity contribution >= 4 is 29.5 Å². The fourth-order valence-corrected chi connectivity index (χ4v) is 4.37. The smallest absolute Gasteiger partial charge is 0.253 e. The number of hydrogen-bond acceptors (Lipinski definition) is 2. The van der Waals surface area contributed by atoms with Crippen molar-refractivity contribution in [2.24, 2.45) is 0 Å². The molecule has 0 unspecified atom stereocenters. The van der Waals surface area contributed by atoms with Gasteiger partial charge >= 0.3 is 0 Å². The number of hydrogen-bond donors (Lipinski definition) is 0. The van der Waals surface area contributed by atoms with Crippen LogP contribution in [0.15, 0.2) is 84.9 Å². The first-order valence-electron chi connectivity index (χ1n) is 11.7. The first kappa shape index (κ1) is 23.8. The van der Waals surface area contributed by atoms with Crippen LogP contribution in [-0.4, -0.2) is 34.7 Å². The summed E-state index contributed by atoms with van der Waals surface area (Å²) in [6, 6.07) is 25.0. The summed E-state index contributed by atoms with van der Waals surface area (Å²) in [4.78, 5) is 29.5. The van der Waals surface area contributed by atoms with Crippen LogP contribution < -0.4 is 0 Å². The molecule has 0 spiro atoms. The molecule has 4 nitrogen and oxygen atoms in total. The van der Waals surface area contributed by atoms with Gasteiger partial charge in [0.1, 0.15) is 0 Å². The normalized spacial score (nSPS) is 13.7. The predicted molar refractivity (Wildman–Crippen MR) is 137 cm³/mol. The zero-order valence-corrected chi connectivity index (χ0v) is 20.0. The average Bonchev–Trinajstić information content (AvgIpc) is 2.88. The van der Waals surface area contributed by atoms with E-state index in [0.29, 0.717) is 23.7 Å². The van der Waals surface area contributed by atoms with Crippen molar-refractivity contribution in [3.8, 4) is 0 Å². The molecular weight excluding hydrogens is 444 g/mol. The van der Waals surface area contributed by atoms with Gasteiger partial charge < -0.3 is 9.80 Å². The molecule has 34 heavy (non-hydrogen) atoms. The van der Waals surface area contributed by atoms with Crippen LogP contribution in [0.3, 0.4) is 0 Å². The van der Waals surface area contributed by atoms with Gasteiger partial charge in [-0.2, -0.15) is 0 Å². The Balaban J connectivity index is 1.45. The molecule has 0 N–H and O–H groups in total. The van der Waals surface area contributed by atoms with E-state index < -0.39 is 0 Å². The molecule has 1 fully saturated rings. The Morgan fingerprint density at radius 1 is 0.824 bits per heavy atom. The minimum atomic E-state index is -0.0858. The standard InChI is InChI=1S/C29H29ClN2O2/c30-27-11-7-10-25(20-27)22-32(21-24-8-3-1-4-9-24)28(33)17-14-23-12-15-26(16-13-23)29(34)31-18-5-2-6-19-31/h1,3-4,7-17,20H,2,5-6,18-19,21-22H2/b17-14+. The van der Waals surface area contributed by atoms with E-state index in [2.05, 4.69) is 0 Å². The van der Waals surface area contributed by atoms with Gasteiger partial charge in [-0.25, -0.2) is 0 Å². The van der Waals surface area contributed by atoms with E-state index in [1.807, 2.05) is 83.8 Å². The lowest BCUT2D eigenvalue weighted by Crippen LogP contribution is -2.35. The molecule has 0 saturated carbocycles. The average molecular weight is 473 g/mol. The molecule has 4 rings (SSSR count). The molecule has 0 bridgehead atoms. The monoisotopic (exact) mass is 472 g/mol. The summed E-state index contributed by atoms with van der Waals surface area (Å²) in [6.07, 6.45) is 6.73. The number of likely N-dealkylation sites (tertiary alicyclic amines) is 1. The summed E-state index contributed by atoms with van der Waals surface area (Å²) in [7, 11) is 0. The van der Waals surface area contributed by atoms with Gasteiger partial charge in [-0.1, -0.05) is 66.2 Å². The van der Waals surface area contributed by atoms with Gasteiger partial charge in [-0.3, -0.25) is 9.59 Å². The second-order valence-corrected chi connectivity index (χ2v) is 9.05. The van der Waals surface area contributed by atoms with E-state index in [-0.39, 0.29) is 11.8 Å². The Morgan fingerprint density at radius 3 is 2.21 bits per heavy atom. The maximum absolute atomic E-state index is 13.1. The van der Waals surface area contributed by atoms with Crippen molar-refractivity contribution in [2.75, 3.05) is 13.1 Å². The summed E-state index contributed by atoms with van der Waals surface area (Å²) in [6.45, 7) is 2.62. The van der Waals surface area contributed by atoms with Crippen molar-refractivity contribution < 1.29 is 9.59 Å². The number of amides is 2. The Hall–Kier alpha value is -3.37. The Kier molecular flexibility index (Phi) is 8.16. The summed E-state index contributed by atoms with van der Waals surface area (Å²) >= 11 is 6.15. The second kappa shape index (κ2) is 11.7. The zero-order chi connectivity index (χ0) is 23.8. The third-order valence-corrected chi connectivity index (χ3v) is 6.24. The highest BCUT2D eigenvalue weighted by atomic mass is 35.5. The molecule has 1 heterocycles. The number of halogens is 1. The summed E-state index contributed by atoms with van der Waals surface area (Å²) in [5.74, 6) is -0.000776. The fourth-order valence-electron chi connectivity index (χ4n) is 4.16. The maximum Gasteiger partial charge on any atom is 0.253 e. The molecule has 5 heteroatoms. The second-order valence-electron chi connectivity index (χ2n) is 8.62. The van der Waals surface area contributed by atoms with Crippen LogP contribution in [0, 0.1) is 0 Å². The molecule has 174 valence electrons. The minimum Gasteiger partial charge on any atom is -0.339 e. The molecular formula is C29H29ClN2O2. The maximum atomic E-state index is 13.1. The molecule has 0 aliphatic carbocycles. The van der Waals surface area contributed by atoms with Gasteiger partial charge in [-0.05, 0) is 66.3 Å². The van der Waals surface area contributed by atoms with Gasteiger partial charge in [0.25, 0.3) is 5.91 Å². The van der Waals surface area contributed by atoms with Crippen molar-refractivity contribution in [2.45, 2.75) is 32.4 Å². The molecule has 2 amide bonds. The SMILES string of the molecule is O=C(/C=C/c1ccc(C(=O)N2CCCCC2)cc1)N(Cc1ccccc1)Cc1cccc(Cl)c1. The largest absolute Gasteiger partial charge is 0.339 e. The first-order chi connectivity index (χ1) is 16.6. The first-order valence-corrected chi connectivity index (χ1v) is 12.1. The minimum absolute atomic E-state index is 0.0851. The number of rotatable bonds is 7. The summed E-state index contributed by atoms with van der Waals surface area (Å²) in [5.41, 5.74) is 3.61. The Morgan fingerprint density at radius 2 is 1.50 bits per heavy atom. The molecule has 1 aliphatic rings. The van der Waals surface area contributed by atoms with Gasteiger partial charge in [0.2, 0.25) is 5.91 Å². The molecule has 1 saturated heterocycles. The van der Waals surface area contributed by atoms with Crippen LogP contribution in [0.2, 0.25) is 5.02 Å². The number of carbonyl (C=O) groups excluding carboxylic acids is 2. The van der Waals surface area contributed by atoms with E-state index in [4.69, 9.17) is 11.6 Å². The highest BCUT2D eigenvalue weighted by Crippen LogP contribution is 2.17. The van der Waals surface area contributed by atoms with E-state index >= 15 is 0 Å². The van der Waals surface area contributed by atoms with Crippen molar-refractivity contribution in [3.05, 3.63) is 112 Å². The lowest BCUT2D eigenvalue weighted by atomic mass is 10.1. The third kappa shape index (κ3) is 6.58. The van der Waals surface area contributed by atoms with Crippen LogP contribution in [0.25, 0.3) is 6.08 Å². The fraction of sp³-hybridized carbons (Fsp3) is 0.241. The number of benzene rings is 3. The van der Waals surface area contributed by atoms with Crippen LogP contribution in [0.4, 0.5) is 0 Å². The van der Waals surface area contributed by atoms with Gasteiger partial charge in [-0.15, -0.1) is 0 Å². The Labute approximate surface area is 206 Å². The third-order valence-electron chi connectivity index (χ3n) is 6.01. The Bertz CT molecular complexity index is 1140.